The van der Waals surface area contributed by atoms with Crippen LogP contribution in [0, 0.1) is 12.7 Å². The lowest BCUT2D eigenvalue weighted by Crippen LogP contribution is -2.05. The Hall–Kier alpha value is -1.28. The van der Waals surface area contributed by atoms with Crippen LogP contribution in [0.2, 0.25) is 0 Å². The van der Waals surface area contributed by atoms with E-state index in [-0.39, 0.29) is 5.03 Å². The molecule has 0 spiro atoms. The van der Waals surface area contributed by atoms with E-state index in [0.29, 0.717) is 10.3 Å². The molecule has 0 aliphatic carbocycles. The number of hydrogen-bond donors (Lipinski definition) is 1. The van der Waals surface area contributed by atoms with Gasteiger partial charge in [0.05, 0.1) is 6.20 Å². The van der Waals surface area contributed by atoms with E-state index in [0.717, 1.165) is 29.7 Å². The molecule has 0 bridgehead atoms. The van der Waals surface area contributed by atoms with Crippen molar-refractivity contribution in [3.05, 3.63) is 17.0 Å². The maximum atomic E-state index is 13.6. The zero-order valence-electron chi connectivity index (χ0n) is 9.97. The lowest BCUT2D eigenvalue weighted by molar-refractivity contribution is 0.579. The van der Waals surface area contributed by atoms with Gasteiger partial charge >= 0.3 is 0 Å². The summed E-state index contributed by atoms with van der Waals surface area (Å²) in [6.07, 6.45) is 2.13. The zero-order valence-corrected chi connectivity index (χ0v) is 11.6. The summed E-state index contributed by atoms with van der Waals surface area (Å²) in [6.45, 7) is 4.65. The Morgan fingerprint density at radius 3 is 2.94 bits per heavy atom. The fourth-order valence-electron chi connectivity index (χ4n) is 1.15. The Kier molecular flexibility index (Phi) is 4.43. The Bertz CT molecular complexity index is 531. The molecule has 0 fully saturated rings. The summed E-state index contributed by atoms with van der Waals surface area (Å²) in [5.41, 5.74) is 0. The van der Waals surface area contributed by atoms with Gasteiger partial charge in [-0.3, -0.25) is 0 Å². The SMILES string of the molecule is CCCNc1ncc(F)c(Sc2nnc(C)s2)n1. The van der Waals surface area contributed by atoms with Crippen molar-refractivity contribution in [2.45, 2.75) is 29.6 Å². The Morgan fingerprint density at radius 2 is 2.28 bits per heavy atom. The van der Waals surface area contributed by atoms with Crippen molar-refractivity contribution in [2.75, 3.05) is 11.9 Å². The molecule has 2 aromatic rings. The number of hydrogen-bond acceptors (Lipinski definition) is 7. The normalized spacial score (nSPS) is 10.6. The van der Waals surface area contributed by atoms with Crippen LogP contribution in [0.1, 0.15) is 18.4 Å². The minimum Gasteiger partial charge on any atom is -0.354 e. The number of anilines is 1. The molecule has 18 heavy (non-hydrogen) atoms. The number of rotatable bonds is 5. The van der Waals surface area contributed by atoms with Gasteiger partial charge < -0.3 is 5.32 Å². The van der Waals surface area contributed by atoms with E-state index in [1.54, 1.807) is 0 Å². The average molecular weight is 285 g/mol. The minimum atomic E-state index is -0.449. The Labute approximate surface area is 112 Å². The molecule has 0 aromatic carbocycles. The highest BCUT2D eigenvalue weighted by atomic mass is 32.2. The van der Waals surface area contributed by atoms with Gasteiger partial charge in [-0.2, -0.15) is 0 Å². The van der Waals surface area contributed by atoms with E-state index < -0.39 is 5.82 Å². The molecule has 8 heteroatoms. The second-order valence-electron chi connectivity index (χ2n) is 3.46. The number of aryl methyl sites for hydroxylation is 1. The number of nitrogens with one attached hydrogen (secondary N) is 1. The number of aromatic nitrogens is 4. The topological polar surface area (TPSA) is 63.6 Å². The van der Waals surface area contributed by atoms with Crippen molar-refractivity contribution in [2.24, 2.45) is 0 Å². The fourth-order valence-corrected chi connectivity index (χ4v) is 2.86. The molecule has 0 atom stereocenters. The van der Waals surface area contributed by atoms with Crippen molar-refractivity contribution in [3.8, 4) is 0 Å². The maximum Gasteiger partial charge on any atom is 0.223 e. The molecule has 2 aromatic heterocycles. The molecular weight excluding hydrogens is 273 g/mol. The molecule has 0 aliphatic rings. The third-order valence-electron chi connectivity index (χ3n) is 1.94. The van der Waals surface area contributed by atoms with Gasteiger partial charge in [0.2, 0.25) is 5.95 Å². The predicted octanol–water partition coefficient (Wildman–Crippen LogP) is 2.75. The largest absolute Gasteiger partial charge is 0.354 e. The van der Waals surface area contributed by atoms with Crippen LogP contribution in [-0.4, -0.2) is 26.7 Å². The molecule has 0 saturated carbocycles. The first-order chi connectivity index (χ1) is 8.69. The summed E-state index contributed by atoms with van der Waals surface area (Å²) >= 11 is 2.57. The quantitative estimate of drug-likeness (QED) is 0.852. The third kappa shape index (κ3) is 3.36. The van der Waals surface area contributed by atoms with E-state index in [1.165, 1.54) is 17.5 Å². The predicted molar refractivity (Wildman–Crippen MR) is 69.5 cm³/mol. The molecule has 0 amide bonds. The molecule has 0 unspecified atom stereocenters. The molecular formula is C10H12FN5S2. The van der Waals surface area contributed by atoms with Crippen molar-refractivity contribution >= 4 is 29.0 Å². The summed E-state index contributed by atoms with van der Waals surface area (Å²) in [5.74, 6) is -0.0168. The molecule has 0 aliphatic heterocycles. The van der Waals surface area contributed by atoms with Gasteiger partial charge in [-0.1, -0.05) is 18.3 Å². The number of nitrogens with zero attached hydrogens (tertiary/aromatic N) is 4. The first-order valence-corrected chi connectivity index (χ1v) is 7.06. The van der Waals surface area contributed by atoms with Crippen LogP contribution in [0.25, 0.3) is 0 Å². The van der Waals surface area contributed by atoms with Crippen LogP contribution in [-0.2, 0) is 0 Å². The van der Waals surface area contributed by atoms with Crippen molar-refractivity contribution < 1.29 is 4.39 Å². The van der Waals surface area contributed by atoms with E-state index in [1.807, 2.05) is 13.8 Å². The summed E-state index contributed by atoms with van der Waals surface area (Å²) in [7, 11) is 0. The lowest BCUT2D eigenvalue weighted by Gasteiger charge is -2.04. The smallest absolute Gasteiger partial charge is 0.223 e. The molecule has 0 radical (unpaired) electrons. The van der Waals surface area contributed by atoms with Crippen LogP contribution in [0.3, 0.4) is 0 Å². The summed E-state index contributed by atoms with van der Waals surface area (Å²) < 4.78 is 14.2. The van der Waals surface area contributed by atoms with E-state index in [4.69, 9.17) is 0 Å². The van der Waals surface area contributed by atoms with Gasteiger partial charge in [0.25, 0.3) is 0 Å². The monoisotopic (exact) mass is 285 g/mol. The summed E-state index contributed by atoms with van der Waals surface area (Å²) in [4.78, 5) is 8.00. The average Bonchev–Trinajstić information content (AvgIpc) is 2.76. The van der Waals surface area contributed by atoms with Crippen molar-refractivity contribution in [1.82, 2.24) is 20.2 Å². The molecule has 1 N–H and O–H groups in total. The van der Waals surface area contributed by atoms with E-state index in [2.05, 4.69) is 25.5 Å². The van der Waals surface area contributed by atoms with Gasteiger partial charge in [-0.15, -0.1) is 10.2 Å². The first kappa shape index (κ1) is 13.2. The number of halogens is 1. The van der Waals surface area contributed by atoms with Crippen LogP contribution in [0.4, 0.5) is 10.3 Å². The fraction of sp³-hybridized carbons (Fsp3) is 0.400. The highest BCUT2D eigenvalue weighted by Gasteiger charge is 2.11. The van der Waals surface area contributed by atoms with Gasteiger partial charge in [0, 0.05) is 6.54 Å². The highest BCUT2D eigenvalue weighted by Crippen LogP contribution is 2.30. The molecule has 2 rings (SSSR count). The van der Waals surface area contributed by atoms with Crippen LogP contribution < -0.4 is 5.32 Å². The van der Waals surface area contributed by atoms with Gasteiger partial charge in [0.15, 0.2) is 10.2 Å². The minimum absolute atomic E-state index is 0.264. The van der Waals surface area contributed by atoms with Crippen LogP contribution in [0.15, 0.2) is 15.6 Å². The van der Waals surface area contributed by atoms with Crippen LogP contribution in [0.5, 0.6) is 0 Å². The van der Waals surface area contributed by atoms with Crippen molar-refractivity contribution in [3.63, 3.8) is 0 Å². The standard InChI is InChI=1S/C10H12FN5S2/c1-3-4-12-9-13-5-7(11)8(14-9)18-10-16-15-6(2)17-10/h5H,3-4H2,1-2H3,(H,12,13,14). The first-order valence-electron chi connectivity index (χ1n) is 5.43. The molecule has 2 heterocycles. The summed E-state index contributed by atoms with van der Waals surface area (Å²) in [5, 5.41) is 11.9. The molecule has 96 valence electrons. The van der Waals surface area contributed by atoms with Gasteiger partial charge in [0.1, 0.15) is 10.0 Å². The molecule has 0 saturated heterocycles. The van der Waals surface area contributed by atoms with Gasteiger partial charge in [-0.25, -0.2) is 14.4 Å². The maximum absolute atomic E-state index is 13.6. The second kappa shape index (κ2) is 6.05. The second-order valence-corrected chi connectivity index (χ2v) is 5.88. The van der Waals surface area contributed by atoms with E-state index >= 15 is 0 Å². The molecule has 5 nitrogen and oxygen atoms in total. The lowest BCUT2D eigenvalue weighted by atomic mass is 10.5. The zero-order chi connectivity index (χ0) is 13.0. The van der Waals surface area contributed by atoms with Crippen molar-refractivity contribution in [1.29, 1.82) is 0 Å². The van der Waals surface area contributed by atoms with Crippen LogP contribution >= 0.6 is 23.1 Å². The Balaban J connectivity index is 2.15. The summed E-state index contributed by atoms with van der Waals surface area (Å²) in [6, 6.07) is 0. The van der Waals surface area contributed by atoms with Gasteiger partial charge in [-0.05, 0) is 25.1 Å². The van der Waals surface area contributed by atoms with E-state index in [9.17, 15) is 4.39 Å². The highest BCUT2D eigenvalue weighted by molar-refractivity contribution is 8.01. The Morgan fingerprint density at radius 1 is 1.44 bits per heavy atom. The third-order valence-corrected chi connectivity index (χ3v) is 3.81.